The summed E-state index contributed by atoms with van der Waals surface area (Å²) < 4.78 is 5.67. The summed E-state index contributed by atoms with van der Waals surface area (Å²) >= 11 is 0. The van der Waals surface area contributed by atoms with Crippen LogP contribution in [-0.4, -0.2) is 52.7 Å². The zero-order chi connectivity index (χ0) is 25.0. The fourth-order valence-corrected chi connectivity index (χ4v) is 5.39. The Morgan fingerprint density at radius 1 is 1.11 bits per heavy atom. The molecule has 4 rings (SSSR count). The van der Waals surface area contributed by atoms with Gasteiger partial charge in [-0.05, 0) is 48.4 Å². The monoisotopic (exact) mass is 478 g/mol. The number of nitrogens with one attached hydrogen (secondary N) is 1. The molecule has 1 aliphatic heterocycles. The van der Waals surface area contributed by atoms with Crippen molar-refractivity contribution in [1.29, 1.82) is 0 Å². The van der Waals surface area contributed by atoms with Gasteiger partial charge in [-0.15, -0.1) is 0 Å². The maximum absolute atomic E-state index is 13.0. The molecule has 0 radical (unpaired) electrons. The van der Waals surface area contributed by atoms with Crippen LogP contribution in [0.2, 0.25) is 0 Å². The van der Waals surface area contributed by atoms with E-state index >= 15 is 0 Å². The molecule has 2 atom stereocenters. The van der Waals surface area contributed by atoms with E-state index in [0.29, 0.717) is 25.8 Å². The van der Waals surface area contributed by atoms with Crippen molar-refractivity contribution in [1.82, 2.24) is 10.2 Å². The summed E-state index contributed by atoms with van der Waals surface area (Å²) in [5.74, 6) is -1.27. The molecule has 0 bridgehead atoms. The number of unbranched alkanes of at least 4 members (excludes halogenated alkanes) is 1. The van der Waals surface area contributed by atoms with Gasteiger partial charge in [0, 0.05) is 24.9 Å². The molecule has 2 N–H and O–H groups in total. The van der Waals surface area contributed by atoms with Crippen LogP contribution in [0.1, 0.15) is 69.4 Å². The van der Waals surface area contributed by atoms with Gasteiger partial charge in [0.1, 0.15) is 12.1 Å². The van der Waals surface area contributed by atoms with Crippen molar-refractivity contribution in [3.63, 3.8) is 0 Å². The van der Waals surface area contributed by atoms with Crippen LogP contribution in [0.5, 0.6) is 0 Å². The largest absolute Gasteiger partial charge is 0.480 e. The number of ether oxygens (including phenoxy) is 1. The molecule has 35 heavy (non-hydrogen) atoms. The first-order chi connectivity index (χ1) is 16.8. The average Bonchev–Trinajstić information content (AvgIpc) is 3.40. The molecule has 1 saturated heterocycles. The SMILES string of the molecule is CCCC[C@H](CC(=O)N1CCC[C@]1(C)C(=O)O)NC(=O)OCC1c2ccccc2-c2ccccc21. The highest BCUT2D eigenvalue weighted by molar-refractivity contribution is 5.88. The molecule has 0 saturated carbocycles. The van der Waals surface area contributed by atoms with Gasteiger partial charge in [0.05, 0.1) is 0 Å². The smallest absolute Gasteiger partial charge is 0.407 e. The Morgan fingerprint density at radius 2 is 1.74 bits per heavy atom. The Hall–Kier alpha value is -3.35. The number of carboxylic acids is 1. The van der Waals surface area contributed by atoms with E-state index < -0.39 is 23.6 Å². The molecular weight excluding hydrogens is 444 g/mol. The highest BCUT2D eigenvalue weighted by Gasteiger charge is 2.46. The van der Waals surface area contributed by atoms with Crippen LogP contribution in [0.3, 0.4) is 0 Å². The van der Waals surface area contributed by atoms with Crippen molar-refractivity contribution in [2.45, 2.75) is 69.9 Å². The number of carbonyl (C=O) groups excluding carboxylic acids is 2. The lowest BCUT2D eigenvalue weighted by molar-refractivity contribution is -0.155. The maximum atomic E-state index is 13.0. The van der Waals surface area contributed by atoms with Gasteiger partial charge in [0.15, 0.2) is 0 Å². The summed E-state index contributed by atoms with van der Waals surface area (Å²) in [7, 11) is 0. The first-order valence-electron chi connectivity index (χ1n) is 12.5. The molecule has 0 unspecified atom stereocenters. The minimum absolute atomic E-state index is 0.0373. The van der Waals surface area contributed by atoms with Gasteiger partial charge in [-0.1, -0.05) is 68.3 Å². The molecule has 0 aromatic heterocycles. The van der Waals surface area contributed by atoms with Crippen LogP contribution >= 0.6 is 0 Å². The summed E-state index contributed by atoms with van der Waals surface area (Å²) in [6.45, 7) is 4.28. The molecule has 1 heterocycles. The lowest BCUT2D eigenvalue weighted by atomic mass is 9.98. The molecule has 2 aliphatic rings. The van der Waals surface area contributed by atoms with E-state index in [-0.39, 0.29) is 24.9 Å². The Balaban J connectivity index is 1.40. The lowest BCUT2D eigenvalue weighted by Gasteiger charge is -2.32. The van der Waals surface area contributed by atoms with Crippen LogP contribution in [0.15, 0.2) is 48.5 Å². The molecule has 7 heteroatoms. The average molecular weight is 479 g/mol. The normalized spacial score (nSPS) is 19.7. The van der Waals surface area contributed by atoms with E-state index in [4.69, 9.17) is 4.74 Å². The third kappa shape index (κ3) is 5.04. The van der Waals surface area contributed by atoms with Crippen molar-refractivity contribution < 1.29 is 24.2 Å². The Morgan fingerprint density at radius 3 is 2.34 bits per heavy atom. The fraction of sp³-hybridized carbons (Fsp3) is 0.464. The number of fused-ring (bicyclic) bond motifs is 3. The highest BCUT2D eigenvalue weighted by atomic mass is 16.5. The number of aliphatic carboxylic acids is 1. The van der Waals surface area contributed by atoms with Crippen LogP contribution in [0.25, 0.3) is 11.1 Å². The number of carboxylic acid groups (broad SMARTS) is 1. The molecule has 2 aromatic rings. The van der Waals surface area contributed by atoms with Gasteiger partial charge in [0.25, 0.3) is 0 Å². The molecule has 2 amide bonds. The number of nitrogens with zero attached hydrogens (tertiary/aromatic N) is 1. The Labute approximate surface area is 206 Å². The molecule has 1 aliphatic carbocycles. The molecule has 1 fully saturated rings. The number of hydrogen-bond acceptors (Lipinski definition) is 4. The summed E-state index contributed by atoms with van der Waals surface area (Å²) in [4.78, 5) is 39.0. The van der Waals surface area contributed by atoms with Crippen LogP contribution in [-0.2, 0) is 14.3 Å². The lowest BCUT2D eigenvalue weighted by Crippen LogP contribution is -2.52. The van der Waals surface area contributed by atoms with Gasteiger partial charge < -0.3 is 20.1 Å². The minimum Gasteiger partial charge on any atom is -0.480 e. The van der Waals surface area contributed by atoms with E-state index in [0.717, 1.165) is 35.1 Å². The zero-order valence-corrected chi connectivity index (χ0v) is 20.5. The van der Waals surface area contributed by atoms with E-state index in [1.165, 1.54) is 4.90 Å². The number of benzene rings is 2. The zero-order valence-electron chi connectivity index (χ0n) is 20.5. The maximum Gasteiger partial charge on any atom is 0.407 e. The minimum atomic E-state index is -1.18. The predicted octanol–water partition coefficient (Wildman–Crippen LogP) is 4.94. The number of alkyl carbamates (subject to hydrolysis) is 1. The van der Waals surface area contributed by atoms with E-state index in [2.05, 4.69) is 29.6 Å². The standard InChI is InChI=1S/C28H34N2O5/c1-3-4-10-19(17-25(31)30-16-9-15-28(30,2)26(32)33)29-27(34)35-18-24-22-13-7-5-11-20(22)21-12-6-8-14-23(21)24/h5-8,11-14,19,24H,3-4,9-10,15-18H2,1-2H3,(H,29,34)(H,32,33)/t19-,28-/m1/s1. The van der Waals surface area contributed by atoms with Gasteiger partial charge in [0.2, 0.25) is 5.91 Å². The quantitative estimate of drug-likeness (QED) is 0.532. The number of hydrogen-bond donors (Lipinski definition) is 2. The summed E-state index contributed by atoms with van der Waals surface area (Å²) in [5, 5.41) is 12.5. The first-order valence-corrected chi connectivity index (χ1v) is 12.5. The molecule has 0 spiro atoms. The second kappa shape index (κ2) is 10.5. The molecule has 7 nitrogen and oxygen atoms in total. The van der Waals surface area contributed by atoms with Crippen LogP contribution in [0, 0.1) is 0 Å². The third-order valence-electron chi connectivity index (χ3n) is 7.40. The second-order valence-electron chi connectivity index (χ2n) is 9.74. The number of carbonyl (C=O) groups is 3. The summed E-state index contributed by atoms with van der Waals surface area (Å²) in [6, 6.07) is 15.9. The van der Waals surface area contributed by atoms with Gasteiger partial charge in [-0.3, -0.25) is 4.79 Å². The molecule has 2 aromatic carbocycles. The second-order valence-corrected chi connectivity index (χ2v) is 9.74. The van der Waals surface area contributed by atoms with E-state index in [9.17, 15) is 19.5 Å². The summed E-state index contributed by atoms with van der Waals surface area (Å²) in [5.41, 5.74) is 3.42. The van der Waals surface area contributed by atoms with Crippen LogP contribution < -0.4 is 5.32 Å². The highest BCUT2D eigenvalue weighted by Crippen LogP contribution is 2.44. The number of rotatable bonds is 9. The molecular formula is C28H34N2O5. The topological polar surface area (TPSA) is 95.9 Å². The van der Waals surface area contributed by atoms with Crippen molar-refractivity contribution in [3.8, 4) is 11.1 Å². The van der Waals surface area contributed by atoms with Crippen molar-refractivity contribution in [2.75, 3.05) is 13.2 Å². The first kappa shape index (κ1) is 24.8. The van der Waals surface area contributed by atoms with E-state index in [1.807, 2.05) is 31.2 Å². The van der Waals surface area contributed by atoms with Gasteiger partial charge >= 0.3 is 12.1 Å². The Kier molecular flexibility index (Phi) is 7.43. The molecule has 186 valence electrons. The predicted molar refractivity (Wildman–Crippen MR) is 133 cm³/mol. The van der Waals surface area contributed by atoms with Gasteiger partial charge in [-0.25, -0.2) is 9.59 Å². The van der Waals surface area contributed by atoms with E-state index in [1.54, 1.807) is 6.92 Å². The Bertz CT molecular complexity index is 1050. The summed E-state index contributed by atoms with van der Waals surface area (Å²) in [6.07, 6.45) is 3.01. The number of amides is 2. The van der Waals surface area contributed by atoms with Gasteiger partial charge in [-0.2, -0.15) is 0 Å². The van der Waals surface area contributed by atoms with Crippen molar-refractivity contribution in [2.24, 2.45) is 0 Å². The van der Waals surface area contributed by atoms with Crippen molar-refractivity contribution in [3.05, 3.63) is 59.7 Å². The van der Waals surface area contributed by atoms with Crippen molar-refractivity contribution >= 4 is 18.0 Å². The number of likely N-dealkylation sites (tertiary alicyclic amines) is 1. The fourth-order valence-electron chi connectivity index (χ4n) is 5.39. The van der Waals surface area contributed by atoms with Crippen LogP contribution in [0.4, 0.5) is 4.79 Å². The third-order valence-corrected chi connectivity index (χ3v) is 7.40.